The number of pyridine rings is 1. The molecule has 16 heavy (non-hydrogen) atoms. The largest absolute Gasteiger partial charge is 0.330 e. The molecule has 0 aromatic carbocycles. The Morgan fingerprint density at radius 1 is 1.38 bits per heavy atom. The van der Waals surface area contributed by atoms with E-state index in [-0.39, 0.29) is 5.75 Å². The van der Waals surface area contributed by atoms with E-state index >= 15 is 0 Å². The highest BCUT2D eigenvalue weighted by Gasteiger charge is 2.16. The zero-order valence-electron chi connectivity index (χ0n) is 9.33. The maximum atomic E-state index is 11.7. The van der Waals surface area contributed by atoms with Crippen LogP contribution < -0.4 is 5.73 Å². The first kappa shape index (κ1) is 13.1. The van der Waals surface area contributed by atoms with Gasteiger partial charge in [-0.3, -0.25) is 4.98 Å². The fourth-order valence-electron chi connectivity index (χ4n) is 1.27. The molecule has 0 aliphatic heterocycles. The highest BCUT2D eigenvalue weighted by Crippen LogP contribution is 2.07. The first-order chi connectivity index (χ1) is 7.56. The Morgan fingerprint density at radius 2 is 2.00 bits per heavy atom. The number of rotatable bonds is 6. The Bertz CT molecular complexity index is 405. The van der Waals surface area contributed by atoms with Crippen LogP contribution in [0.15, 0.2) is 24.5 Å². The summed E-state index contributed by atoms with van der Waals surface area (Å²) in [4.78, 5) is 3.88. The second-order valence-corrected chi connectivity index (χ2v) is 5.77. The number of aromatic nitrogens is 1. The average molecular weight is 243 g/mol. The van der Waals surface area contributed by atoms with Crippen molar-refractivity contribution in [2.24, 2.45) is 5.73 Å². The fourth-order valence-corrected chi connectivity index (χ4v) is 2.45. The summed E-state index contributed by atoms with van der Waals surface area (Å²) in [5.41, 5.74) is 6.22. The molecule has 1 rings (SSSR count). The van der Waals surface area contributed by atoms with Gasteiger partial charge in [0.05, 0.1) is 5.75 Å². The summed E-state index contributed by atoms with van der Waals surface area (Å²) in [5.74, 6) is 0.102. The topological polar surface area (TPSA) is 76.3 Å². The van der Waals surface area contributed by atoms with Crippen molar-refractivity contribution >= 4 is 10.0 Å². The summed E-state index contributed by atoms with van der Waals surface area (Å²) < 4.78 is 24.8. The van der Waals surface area contributed by atoms with Crippen LogP contribution in [0.1, 0.15) is 12.0 Å². The Balaban J connectivity index is 2.61. The molecule has 0 saturated heterocycles. The monoisotopic (exact) mass is 243 g/mol. The third-order valence-corrected chi connectivity index (χ3v) is 4.12. The molecule has 2 N–H and O–H groups in total. The van der Waals surface area contributed by atoms with Crippen LogP contribution >= 0.6 is 0 Å². The normalized spacial score (nSPS) is 11.9. The van der Waals surface area contributed by atoms with Crippen LogP contribution in [0.25, 0.3) is 0 Å². The highest BCUT2D eigenvalue weighted by molar-refractivity contribution is 7.89. The number of hydrogen-bond acceptors (Lipinski definition) is 4. The number of nitrogens with zero attached hydrogens (tertiary/aromatic N) is 2. The molecule has 0 spiro atoms. The molecule has 0 amide bonds. The molecular weight excluding hydrogens is 226 g/mol. The van der Waals surface area contributed by atoms with Crippen molar-refractivity contribution in [3.63, 3.8) is 0 Å². The van der Waals surface area contributed by atoms with Crippen LogP contribution in [0.5, 0.6) is 0 Å². The van der Waals surface area contributed by atoms with Crippen molar-refractivity contribution in [2.75, 3.05) is 19.3 Å². The summed E-state index contributed by atoms with van der Waals surface area (Å²) >= 11 is 0. The predicted octanol–water partition coefficient (Wildman–Crippen LogP) is 0.192. The minimum absolute atomic E-state index is 0.102. The van der Waals surface area contributed by atoms with Crippen molar-refractivity contribution in [1.82, 2.24) is 9.29 Å². The van der Waals surface area contributed by atoms with Crippen molar-refractivity contribution in [1.29, 1.82) is 0 Å². The van der Waals surface area contributed by atoms with Crippen molar-refractivity contribution < 1.29 is 8.42 Å². The zero-order valence-corrected chi connectivity index (χ0v) is 10.2. The molecule has 0 unspecified atom stereocenters. The van der Waals surface area contributed by atoms with Gasteiger partial charge in [0.1, 0.15) is 0 Å². The summed E-state index contributed by atoms with van der Waals surface area (Å²) in [6, 6.07) is 3.60. The number of nitrogens with two attached hydrogens (primary N) is 1. The maximum absolute atomic E-state index is 11.7. The third-order valence-electron chi connectivity index (χ3n) is 2.24. The van der Waals surface area contributed by atoms with Crippen LogP contribution in [0.4, 0.5) is 0 Å². The van der Waals surface area contributed by atoms with Crippen LogP contribution in [0.3, 0.4) is 0 Å². The minimum atomic E-state index is -3.19. The van der Waals surface area contributed by atoms with Crippen LogP contribution in [-0.2, 0) is 16.6 Å². The van der Waals surface area contributed by atoms with Gasteiger partial charge in [-0.25, -0.2) is 12.7 Å². The molecule has 5 nitrogen and oxygen atoms in total. The minimum Gasteiger partial charge on any atom is -0.330 e. The van der Waals surface area contributed by atoms with Crippen LogP contribution in [-0.4, -0.2) is 37.1 Å². The van der Waals surface area contributed by atoms with Crippen molar-refractivity contribution in [3.8, 4) is 0 Å². The summed E-state index contributed by atoms with van der Waals surface area (Å²) in [6.07, 6.45) is 3.79. The van der Waals surface area contributed by atoms with Gasteiger partial charge in [0.2, 0.25) is 10.0 Å². The molecule has 1 heterocycles. The van der Waals surface area contributed by atoms with Crippen molar-refractivity contribution in [2.45, 2.75) is 13.0 Å². The van der Waals surface area contributed by atoms with Gasteiger partial charge in [-0.05, 0) is 30.7 Å². The van der Waals surface area contributed by atoms with Gasteiger partial charge in [-0.2, -0.15) is 0 Å². The molecule has 1 aromatic heterocycles. The smallest absolute Gasteiger partial charge is 0.214 e. The van der Waals surface area contributed by atoms with Gasteiger partial charge >= 0.3 is 0 Å². The molecule has 0 radical (unpaired) electrons. The highest BCUT2D eigenvalue weighted by atomic mass is 32.2. The fraction of sp³-hybridized carbons (Fsp3) is 0.500. The SMILES string of the molecule is CN(Cc1ccncc1)S(=O)(=O)CCCN. The molecule has 0 atom stereocenters. The molecule has 6 heteroatoms. The molecule has 0 bridgehead atoms. The lowest BCUT2D eigenvalue weighted by atomic mass is 10.3. The van der Waals surface area contributed by atoms with Crippen LogP contribution in [0.2, 0.25) is 0 Å². The average Bonchev–Trinajstić information content (AvgIpc) is 2.28. The Morgan fingerprint density at radius 3 is 2.56 bits per heavy atom. The summed E-state index contributed by atoms with van der Waals surface area (Å²) in [6.45, 7) is 0.762. The van der Waals surface area contributed by atoms with E-state index in [0.29, 0.717) is 19.5 Å². The lowest BCUT2D eigenvalue weighted by molar-refractivity contribution is 0.465. The summed E-state index contributed by atoms with van der Waals surface area (Å²) in [5, 5.41) is 0. The molecule has 0 aliphatic carbocycles. The first-order valence-electron chi connectivity index (χ1n) is 5.09. The van der Waals surface area contributed by atoms with E-state index in [2.05, 4.69) is 4.98 Å². The Kier molecular flexibility index (Phi) is 4.85. The molecule has 90 valence electrons. The van der Waals surface area contributed by atoms with E-state index in [4.69, 9.17) is 5.73 Å². The number of sulfonamides is 1. The number of hydrogen-bond donors (Lipinski definition) is 1. The molecule has 0 fully saturated rings. The lowest BCUT2D eigenvalue weighted by Gasteiger charge is -2.16. The van der Waals surface area contributed by atoms with Crippen LogP contribution in [0, 0.1) is 0 Å². The van der Waals surface area contributed by atoms with Gasteiger partial charge < -0.3 is 5.73 Å². The van der Waals surface area contributed by atoms with Gasteiger partial charge in [-0.15, -0.1) is 0 Å². The van der Waals surface area contributed by atoms with E-state index < -0.39 is 10.0 Å². The molecule has 1 aromatic rings. The van der Waals surface area contributed by atoms with Crippen molar-refractivity contribution in [3.05, 3.63) is 30.1 Å². The second-order valence-electron chi connectivity index (χ2n) is 3.57. The Hall–Kier alpha value is -0.980. The predicted molar refractivity (Wildman–Crippen MR) is 63.2 cm³/mol. The standard InChI is InChI=1S/C10H17N3O2S/c1-13(16(14,15)8-2-5-11)9-10-3-6-12-7-4-10/h3-4,6-7H,2,5,8-9,11H2,1H3. The Labute approximate surface area is 96.3 Å². The van der Waals surface area contributed by atoms with Gasteiger partial charge in [0.25, 0.3) is 0 Å². The summed E-state index contributed by atoms with van der Waals surface area (Å²) in [7, 11) is -1.61. The van der Waals surface area contributed by atoms with E-state index in [1.807, 2.05) is 0 Å². The van der Waals surface area contributed by atoms with Gasteiger partial charge in [-0.1, -0.05) is 0 Å². The second kappa shape index (κ2) is 5.93. The molecule has 0 saturated carbocycles. The van der Waals surface area contributed by atoms with E-state index in [0.717, 1.165) is 5.56 Å². The quantitative estimate of drug-likeness (QED) is 0.774. The van der Waals surface area contributed by atoms with E-state index in [9.17, 15) is 8.42 Å². The van der Waals surface area contributed by atoms with E-state index in [1.165, 1.54) is 4.31 Å². The molecule has 0 aliphatic rings. The van der Waals surface area contributed by atoms with E-state index in [1.54, 1.807) is 31.6 Å². The third kappa shape index (κ3) is 3.88. The maximum Gasteiger partial charge on any atom is 0.214 e. The first-order valence-corrected chi connectivity index (χ1v) is 6.70. The lowest BCUT2D eigenvalue weighted by Crippen LogP contribution is -2.29. The van der Waals surface area contributed by atoms with Gasteiger partial charge in [0, 0.05) is 26.0 Å². The molecular formula is C10H17N3O2S. The zero-order chi connectivity index (χ0) is 12.0. The van der Waals surface area contributed by atoms with Gasteiger partial charge in [0.15, 0.2) is 0 Å².